The minimum atomic E-state index is -0.670. The molecule has 0 aliphatic carbocycles. The van der Waals surface area contributed by atoms with Gasteiger partial charge in [0.25, 0.3) is 5.91 Å². The lowest BCUT2D eigenvalue weighted by Crippen LogP contribution is -2.33. The van der Waals surface area contributed by atoms with Crippen LogP contribution in [0.4, 0.5) is 0 Å². The fraction of sp³-hybridized carbons (Fsp3) is 0.280. The highest BCUT2D eigenvalue weighted by Gasteiger charge is 2.44. The van der Waals surface area contributed by atoms with Gasteiger partial charge >= 0.3 is 0 Å². The van der Waals surface area contributed by atoms with E-state index >= 15 is 0 Å². The van der Waals surface area contributed by atoms with Crippen LogP contribution in [-0.4, -0.2) is 63.7 Å². The van der Waals surface area contributed by atoms with Crippen LogP contribution in [0.2, 0.25) is 0 Å². The number of rotatable bonds is 8. The van der Waals surface area contributed by atoms with Crippen molar-refractivity contribution in [2.24, 2.45) is 0 Å². The molecular formula is C25H26N4O3S. The molecule has 170 valence electrons. The third kappa shape index (κ3) is 4.58. The number of aliphatic hydroxyl groups is 1. The average molecular weight is 463 g/mol. The highest BCUT2D eigenvalue weighted by atomic mass is 32.1. The summed E-state index contributed by atoms with van der Waals surface area (Å²) in [6.45, 7) is 2.98. The average Bonchev–Trinajstić information content (AvgIpc) is 3.32. The van der Waals surface area contributed by atoms with E-state index in [1.807, 2.05) is 49.3 Å². The van der Waals surface area contributed by atoms with Gasteiger partial charge in [-0.1, -0.05) is 30.3 Å². The largest absolute Gasteiger partial charge is 0.503 e. The van der Waals surface area contributed by atoms with Crippen molar-refractivity contribution in [3.8, 4) is 10.6 Å². The van der Waals surface area contributed by atoms with Crippen LogP contribution < -0.4 is 0 Å². The smallest absolute Gasteiger partial charge is 0.290 e. The van der Waals surface area contributed by atoms with Crippen LogP contribution in [0.5, 0.6) is 0 Å². The van der Waals surface area contributed by atoms with Crippen LogP contribution in [0.3, 0.4) is 0 Å². The Morgan fingerprint density at radius 1 is 1.15 bits per heavy atom. The highest BCUT2D eigenvalue weighted by molar-refractivity contribution is 7.17. The second kappa shape index (κ2) is 9.64. The predicted molar refractivity (Wildman–Crippen MR) is 128 cm³/mol. The zero-order valence-corrected chi connectivity index (χ0v) is 19.7. The lowest BCUT2D eigenvalue weighted by molar-refractivity contribution is -0.129. The molecule has 33 heavy (non-hydrogen) atoms. The summed E-state index contributed by atoms with van der Waals surface area (Å²) >= 11 is 1.28. The van der Waals surface area contributed by atoms with E-state index in [-0.39, 0.29) is 11.4 Å². The number of Topliss-reactive ketones (excluding diaryl/α,β-unsaturated/α-hetero) is 1. The quantitative estimate of drug-likeness (QED) is 0.509. The van der Waals surface area contributed by atoms with E-state index in [0.717, 1.165) is 22.7 Å². The summed E-state index contributed by atoms with van der Waals surface area (Å²) in [5.74, 6) is -1.37. The lowest BCUT2D eigenvalue weighted by atomic mass is 9.95. The van der Waals surface area contributed by atoms with Gasteiger partial charge in [-0.3, -0.25) is 14.6 Å². The normalized spacial score (nSPS) is 16.2. The number of nitrogens with zero attached hydrogens (tertiary/aromatic N) is 4. The highest BCUT2D eigenvalue weighted by Crippen LogP contribution is 2.40. The molecule has 1 amide bonds. The van der Waals surface area contributed by atoms with Gasteiger partial charge in [0, 0.05) is 24.5 Å². The number of carbonyl (C=O) groups is 2. The van der Waals surface area contributed by atoms with Crippen molar-refractivity contribution in [3.63, 3.8) is 0 Å². The molecule has 0 bridgehead atoms. The van der Waals surface area contributed by atoms with E-state index in [1.54, 1.807) is 36.4 Å². The van der Waals surface area contributed by atoms with Crippen LogP contribution in [0.1, 0.15) is 33.4 Å². The molecule has 3 aromatic rings. The number of hydrogen-bond acceptors (Lipinski definition) is 7. The molecule has 1 aliphatic rings. The maximum Gasteiger partial charge on any atom is 0.290 e. The maximum atomic E-state index is 13.7. The minimum absolute atomic E-state index is 0.0995. The van der Waals surface area contributed by atoms with Gasteiger partial charge in [-0.05, 0) is 51.7 Å². The Kier molecular flexibility index (Phi) is 6.67. The molecule has 7 nitrogen and oxygen atoms in total. The fourth-order valence-corrected chi connectivity index (χ4v) is 5.03. The SMILES string of the molecule is Cc1nc(-c2ccccc2)sc1C(=O)C1=C(O)C(=O)N(CCCN(C)C)C1c1ccncc1. The van der Waals surface area contributed by atoms with Gasteiger partial charge in [-0.15, -0.1) is 11.3 Å². The summed E-state index contributed by atoms with van der Waals surface area (Å²) in [7, 11) is 3.93. The van der Waals surface area contributed by atoms with Crippen molar-refractivity contribution in [2.75, 3.05) is 27.2 Å². The van der Waals surface area contributed by atoms with Crippen molar-refractivity contribution in [1.82, 2.24) is 19.8 Å². The summed E-state index contributed by atoms with van der Waals surface area (Å²) < 4.78 is 0. The Labute approximate surface area is 197 Å². The van der Waals surface area contributed by atoms with Gasteiger partial charge in [-0.2, -0.15) is 0 Å². The molecule has 8 heteroatoms. The first-order valence-corrected chi connectivity index (χ1v) is 11.6. The van der Waals surface area contributed by atoms with Crippen molar-refractivity contribution >= 4 is 23.0 Å². The molecule has 0 fully saturated rings. The van der Waals surface area contributed by atoms with Crippen LogP contribution >= 0.6 is 11.3 Å². The molecule has 1 atom stereocenters. The number of aromatic nitrogens is 2. The van der Waals surface area contributed by atoms with E-state index in [1.165, 1.54) is 11.3 Å². The molecule has 1 aliphatic heterocycles. The van der Waals surface area contributed by atoms with Gasteiger partial charge in [0.05, 0.1) is 22.2 Å². The Hall–Kier alpha value is -3.36. The zero-order chi connectivity index (χ0) is 23.5. The molecule has 2 aromatic heterocycles. The lowest BCUT2D eigenvalue weighted by Gasteiger charge is -2.27. The second-order valence-electron chi connectivity index (χ2n) is 8.23. The van der Waals surface area contributed by atoms with E-state index < -0.39 is 17.7 Å². The number of benzene rings is 1. The number of ketones is 1. The molecule has 0 radical (unpaired) electrons. The molecule has 3 heterocycles. The molecule has 0 spiro atoms. The van der Waals surface area contributed by atoms with Crippen LogP contribution in [0.25, 0.3) is 10.6 Å². The molecule has 1 N–H and O–H groups in total. The number of amides is 1. The predicted octanol–water partition coefficient (Wildman–Crippen LogP) is 4.04. The van der Waals surface area contributed by atoms with Crippen molar-refractivity contribution in [3.05, 3.63) is 82.3 Å². The Bertz CT molecular complexity index is 1190. The molecule has 1 aromatic carbocycles. The van der Waals surface area contributed by atoms with Crippen molar-refractivity contribution in [1.29, 1.82) is 0 Å². The van der Waals surface area contributed by atoms with Crippen LogP contribution in [0, 0.1) is 6.92 Å². The number of carbonyl (C=O) groups excluding carboxylic acids is 2. The number of hydrogen-bond donors (Lipinski definition) is 1. The molecule has 0 saturated carbocycles. The van der Waals surface area contributed by atoms with E-state index in [0.29, 0.717) is 23.5 Å². The zero-order valence-electron chi connectivity index (χ0n) is 18.9. The summed E-state index contributed by atoms with van der Waals surface area (Å²) in [4.78, 5) is 39.5. The number of thiazole rings is 1. The molecule has 1 unspecified atom stereocenters. The standard InChI is InChI=1S/C25H26N4O3S/c1-16-23(33-24(27-16)18-8-5-4-6-9-18)21(30)19-20(17-10-12-26-13-11-17)29(25(32)22(19)31)15-7-14-28(2)3/h4-6,8-13,20,31H,7,14-15H2,1-3H3. The summed E-state index contributed by atoms with van der Waals surface area (Å²) in [6, 6.07) is 12.5. The number of aliphatic hydroxyl groups excluding tert-OH is 1. The number of pyridine rings is 1. The third-order valence-corrected chi connectivity index (χ3v) is 6.80. The van der Waals surface area contributed by atoms with Gasteiger partial charge < -0.3 is 14.9 Å². The van der Waals surface area contributed by atoms with E-state index in [4.69, 9.17) is 0 Å². The van der Waals surface area contributed by atoms with Crippen molar-refractivity contribution < 1.29 is 14.7 Å². The Balaban J connectivity index is 1.72. The Morgan fingerprint density at radius 2 is 1.85 bits per heavy atom. The monoisotopic (exact) mass is 462 g/mol. The summed E-state index contributed by atoms with van der Waals surface area (Å²) in [5, 5.41) is 11.6. The van der Waals surface area contributed by atoms with E-state index in [9.17, 15) is 14.7 Å². The topological polar surface area (TPSA) is 86.6 Å². The Morgan fingerprint density at radius 3 is 2.52 bits per heavy atom. The summed E-state index contributed by atoms with van der Waals surface area (Å²) in [5.41, 5.74) is 2.33. The minimum Gasteiger partial charge on any atom is -0.503 e. The maximum absolute atomic E-state index is 13.7. The number of aryl methyl sites for hydroxylation is 1. The molecule has 0 saturated heterocycles. The van der Waals surface area contributed by atoms with Crippen LogP contribution in [-0.2, 0) is 4.79 Å². The van der Waals surface area contributed by atoms with Gasteiger partial charge in [-0.25, -0.2) is 4.98 Å². The molecule has 4 rings (SSSR count). The first-order valence-electron chi connectivity index (χ1n) is 10.7. The molecular weight excluding hydrogens is 436 g/mol. The first kappa shape index (κ1) is 22.8. The second-order valence-corrected chi connectivity index (χ2v) is 9.23. The van der Waals surface area contributed by atoms with E-state index in [2.05, 4.69) is 9.97 Å². The van der Waals surface area contributed by atoms with Crippen molar-refractivity contribution in [2.45, 2.75) is 19.4 Å². The van der Waals surface area contributed by atoms with Gasteiger partial charge in [0.15, 0.2) is 5.76 Å². The van der Waals surface area contributed by atoms with Crippen LogP contribution in [0.15, 0.2) is 66.2 Å². The third-order valence-electron chi connectivity index (χ3n) is 5.60. The van der Waals surface area contributed by atoms with Gasteiger partial charge in [0.2, 0.25) is 5.78 Å². The summed E-state index contributed by atoms with van der Waals surface area (Å²) in [6.07, 6.45) is 3.97. The van der Waals surface area contributed by atoms with Gasteiger partial charge in [0.1, 0.15) is 5.01 Å². The fourth-order valence-electron chi connectivity index (χ4n) is 4.00. The first-order chi connectivity index (χ1) is 15.9.